The van der Waals surface area contributed by atoms with E-state index in [9.17, 15) is 4.39 Å². The molecule has 112 valence electrons. The Labute approximate surface area is 135 Å². The third-order valence-corrected chi connectivity index (χ3v) is 3.54. The minimum absolute atomic E-state index is 0. The van der Waals surface area contributed by atoms with Crippen molar-refractivity contribution >= 4 is 36.4 Å². The van der Waals surface area contributed by atoms with E-state index in [-0.39, 0.29) is 43.1 Å². The van der Waals surface area contributed by atoms with E-state index in [0.717, 1.165) is 26.2 Å². The number of hydrogen-bond acceptors (Lipinski definition) is 3. The van der Waals surface area contributed by atoms with Crippen LogP contribution in [0.15, 0.2) is 18.2 Å². The first kappa shape index (κ1) is 19.4. The maximum atomic E-state index is 13.9. The Kier molecular flexibility index (Phi) is 9.11. The molecule has 0 spiro atoms. The second-order valence-corrected chi connectivity index (χ2v) is 4.71. The van der Waals surface area contributed by atoms with Gasteiger partial charge in [0.25, 0.3) is 0 Å². The molecular weight excluding hydrogens is 324 g/mol. The number of nitrogens with one attached hydrogen (secondary N) is 1. The van der Waals surface area contributed by atoms with Crippen LogP contribution in [-0.2, 0) is 0 Å². The topological polar surface area (TPSA) is 39.1 Å². The number of hydrogen-bond donors (Lipinski definition) is 1. The predicted molar refractivity (Wildman–Crippen MR) is 83.3 cm³/mol. The molecule has 1 heterocycles. The Balaban J connectivity index is 0.00000180. The standard InChI is InChI=1S/C13H15ClFN3.2ClH/c14-10-2-1-3-11(15)13(10)12(4-5-16)18-8-6-17-7-9-18;;/h1-3,12,17H,4,6-9H2;2*1H/t12-;;/m0../s1. The minimum Gasteiger partial charge on any atom is -0.314 e. The van der Waals surface area contributed by atoms with Gasteiger partial charge in [0.05, 0.1) is 18.5 Å². The number of rotatable bonds is 3. The summed E-state index contributed by atoms with van der Waals surface area (Å²) in [5, 5.41) is 12.6. The molecule has 1 saturated heterocycles. The highest BCUT2D eigenvalue weighted by Gasteiger charge is 2.26. The van der Waals surface area contributed by atoms with Crippen molar-refractivity contribution in [3.63, 3.8) is 0 Å². The number of nitrogens with zero attached hydrogens (tertiary/aromatic N) is 2. The van der Waals surface area contributed by atoms with Crippen LogP contribution in [0.25, 0.3) is 0 Å². The molecule has 0 aliphatic carbocycles. The molecular formula is C13H17Cl3FN3. The Morgan fingerprint density at radius 3 is 2.55 bits per heavy atom. The second kappa shape index (κ2) is 9.38. The summed E-state index contributed by atoms with van der Waals surface area (Å²) in [6.07, 6.45) is 0.251. The molecule has 1 aromatic carbocycles. The second-order valence-electron chi connectivity index (χ2n) is 4.30. The highest BCUT2D eigenvalue weighted by atomic mass is 35.5. The first-order valence-electron chi connectivity index (χ1n) is 5.99. The van der Waals surface area contributed by atoms with E-state index in [1.165, 1.54) is 6.07 Å². The predicted octanol–water partition coefficient (Wildman–Crippen LogP) is 3.18. The Morgan fingerprint density at radius 1 is 1.35 bits per heavy atom. The van der Waals surface area contributed by atoms with Crippen LogP contribution in [-0.4, -0.2) is 31.1 Å². The van der Waals surface area contributed by atoms with Crippen LogP contribution < -0.4 is 5.32 Å². The lowest BCUT2D eigenvalue weighted by Gasteiger charge is -2.34. The van der Waals surface area contributed by atoms with Crippen molar-refractivity contribution in [1.82, 2.24) is 10.2 Å². The van der Waals surface area contributed by atoms with Gasteiger partial charge in [-0.2, -0.15) is 5.26 Å². The lowest BCUT2D eigenvalue weighted by Crippen LogP contribution is -2.45. The van der Waals surface area contributed by atoms with E-state index in [0.29, 0.717) is 10.6 Å². The fourth-order valence-electron chi connectivity index (χ4n) is 2.32. The van der Waals surface area contributed by atoms with E-state index in [4.69, 9.17) is 16.9 Å². The molecule has 1 fully saturated rings. The lowest BCUT2D eigenvalue weighted by atomic mass is 10.0. The Bertz CT molecular complexity index is 438. The molecule has 0 aromatic heterocycles. The molecule has 0 radical (unpaired) electrons. The normalized spacial score (nSPS) is 16.4. The van der Waals surface area contributed by atoms with Crippen LogP contribution >= 0.6 is 36.4 Å². The summed E-state index contributed by atoms with van der Waals surface area (Å²) >= 11 is 6.09. The Hall–Kier alpha value is -0.570. The summed E-state index contributed by atoms with van der Waals surface area (Å²) in [7, 11) is 0. The van der Waals surface area contributed by atoms with Gasteiger partial charge in [0, 0.05) is 36.8 Å². The molecule has 20 heavy (non-hydrogen) atoms. The zero-order valence-electron chi connectivity index (χ0n) is 10.8. The molecule has 0 bridgehead atoms. The van der Waals surface area contributed by atoms with Gasteiger partial charge in [-0.1, -0.05) is 17.7 Å². The number of nitriles is 1. The minimum atomic E-state index is -0.332. The van der Waals surface area contributed by atoms with Crippen molar-refractivity contribution in [2.45, 2.75) is 12.5 Å². The van der Waals surface area contributed by atoms with Crippen LogP contribution in [0.4, 0.5) is 4.39 Å². The molecule has 1 aliphatic rings. The Morgan fingerprint density at radius 2 is 2.00 bits per heavy atom. The summed E-state index contributed by atoms with van der Waals surface area (Å²) in [6.45, 7) is 3.32. The molecule has 7 heteroatoms. The molecule has 1 atom stereocenters. The summed E-state index contributed by atoms with van der Waals surface area (Å²) in [4.78, 5) is 2.12. The number of benzene rings is 1. The van der Waals surface area contributed by atoms with Crippen LogP contribution in [0.3, 0.4) is 0 Å². The van der Waals surface area contributed by atoms with Gasteiger partial charge < -0.3 is 5.32 Å². The average Bonchev–Trinajstić information content (AvgIpc) is 2.38. The van der Waals surface area contributed by atoms with Crippen LogP contribution in [0.5, 0.6) is 0 Å². The van der Waals surface area contributed by atoms with Gasteiger partial charge >= 0.3 is 0 Å². The fraction of sp³-hybridized carbons (Fsp3) is 0.462. The van der Waals surface area contributed by atoms with E-state index < -0.39 is 0 Å². The van der Waals surface area contributed by atoms with Crippen molar-refractivity contribution < 1.29 is 4.39 Å². The van der Waals surface area contributed by atoms with Crippen molar-refractivity contribution in [1.29, 1.82) is 5.26 Å². The van der Waals surface area contributed by atoms with Crippen molar-refractivity contribution in [3.05, 3.63) is 34.6 Å². The smallest absolute Gasteiger partial charge is 0.129 e. The summed E-state index contributed by atoms with van der Waals surface area (Å²) in [6, 6.07) is 6.53. The van der Waals surface area contributed by atoms with Crippen molar-refractivity contribution in [2.75, 3.05) is 26.2 Å². The highest BCUT2D eigenvalue weighted by Crippen LogP contribution is 2.32. The zero-order valence-corrected chi connectivity index (χ0v) is 13.2. The van der Waals surface area contributed by atoms with Crippen LogP contribution in [0.2, 0.25) is 5.02 Å². The van der Waals surface area contributed by atoms with Gasteiger partial charge in [-0.05, 0) is 12.1 Å². The van der Waals surface area contributed by atoms with Gasteiger partial charge in [-0.15, -0.1) is 24.8 Å². The number of piperazine rings is 1. The molecule has 0 unspecified atom stereocenters. The molecule has 2 rings (SSSR count). The maximum Gasteiger partial charge on any atom is 0.129 e. The highest BCUT2D eigenvalue weighted by molar-refractivity contribution is 6.31. The first-order valence-corrected chi connectivity index (χ1v) is 6.37. The van der Waals surface area contributed by atoms with Gasteiger partial charge in [0.2, 0.25) is 0 Å². The van der Waals surface area contributed by atoms with E-state index >= 15 is 0 Å². The molecule has 1 aromatic rings. The third kappa shape index (κ3) is 4.47. The van der Waals surface area contributed by atoms with Gasteiger partial charge in [-0.3, -0.25) is 4.90 Å². The zero-order chi connectivity index (χ0) is 13.0. The molecule has 1 aliphatic heterocycles. The largest absolute Gasteiger partial charge is 0.314 e. The molecule has 1 N–H and O–H groups in total. The van der Waals surface area contributed by atoms with Crippen LogP contribution in [0.1, 0.15) is 18.0 Å². The summed E-state index contributed by atoms with van der Waals surface area (Å²) in [5.74, 6) is -0.332. The molecule has 0 saturated carbocycles. The average molecular weight is 341 g/mol. The van der Waals surface area contributed by atoms with Crippen LogP contribution in [0, 0.1) is 17.1 Å². The van der Waals surface area contributed by atoms with Gasteiger partial charge in [0.15, 0.2) is 0 Å². The SMILES string of the molecule is Cl.Cl.N#CC[C@@H](c1c(F)cccc1Cl)N1CCNCC1. The number of halogens is 4. The monoisotopic (exact) mass is 339 g/mol. The third-order valence-electron chi connectivity index (χ3n) is 3.21. The quantitative estimate of drug-likeness (QED) is 0.918. The van der Waals surface area contributed by atoms with Gasteiger partial charge in [0.1, 0.15) is 5.82 Å². The molecule has 0 amide bonds. The first-order chi connectivity index (χ1) is 8.74. The van der Waals surface area contributed by atoms with E-state index in [1.807, 2.05) is 0 Å². The summed E-state index contributed by atoms with van der Waals surface area (Å²) < 4.78 is 13.9. The maximum absolute atomic E-state index is 13.9. The van der Waals surface area contributed by atoms with Gasteiger partial charge in [-0.25, -0.2) is 4.39 Å². The van der Waals surface area contributed by atoms with E-state index in [1.54, 1.807) is 12.1 Å². The fourth-order valence-corrected chi connectivity index (χ4v) is 2.61. The van der Waals surface area contributed by atoms with Crippen molar-refractivity contribution in [2.24, 2.45) is 0 Å². The van der Waals surface area contributed by atoms with Crippen molar-refractivity contribution in [3.8, 4) is 6.07 Å². The lowest BCUT2D eigenvalue weighted by molar-refractivity contribution is 0.172. The summed E-state index contributed by atoms with van der Waals surface area (Å²) in [5.41, 5.74) is 0.447. The van der Waals surface area contributed by atoms with E-state index in [2.05, 4.69) is 16.3 Å². The molecule has 3 nitrogen and oxygen atoms in total.